The van der Waals surface area contributed by atoms with Gasteiger partial charge in [-0.3, -0.25) is 4.79 Å². The summed E-state index contributed by atoms with van der Waals surface area (Å²) in [5.74, 6) is 0.175. The van der Waals surface area contributed by atoms with E-state index in [1.807, 2.05) is 6.07 Å². The van der Waals surface area contributed by atoms with Crippen molar-refractivity contribution in [2.75, 3.05) is 12.8 Å². The molecule has 0 radical (unpaired) electrons. The van der Waals surface area contributed by atoms with Crippen LogP contribution in [0.25, 0.3) is 0 Å². The Hall–Kier alpha value is -0.960. The van der Waals surface area contributed by atoms with Crippen LogP contribution in [0.15, 0.2) is 29.2 Å². The van der Waals surface area contributed by atoms with Crippen molar-refractivity contribution in [2.45, 2.75) is 37.5 Å². The highest BCUT2D eigenvalue weighted by molar-refractivity contribution is 7.98. The SMILES string of the molecule is CCCCC(=O)NCCc1ccccc1SC. The van der Waals surface area contributed by atoms with Crippen LogP contribution >= 0.6 is 11.8 Å². The molecule has 1 aromatic rings. The van der Waals surface area contributed by atoms with E-state index in [1.165, 1.54) is 10.5 Å². The normalized spacial score (nSPS) is 10.2. The number of hydrogen-bond donors (Lipinski definition) is 1. The summed E-state index contributed by atoms with van der Waals surface area (Å²) in [5.41, 5.74) is 1.32. The summed E-state index contributed by atoms with van der Waals surface area (Å²) < 4.78 is 0. The predicted molar refractivity (Wildman–Crippen MR) is 74.5 cm³/mol. The third kappa shape index (κ3) is 5.26. The molecule has 0 spiro atoms. The van der Waals surface area contributed by atoms with E-state index in [9.17, 15) is 4.79 Å². The Balaban J connectivity index is 2.33. The number of amides is 1. The molecular formula is C14H21NOS. The van der Waals surface area contributed by atoms with Gasteiger partial charge in [0.1, 0.15) is 0 Å². The number of carbonyl (C=O) groups is 1. The largest absolute Gasteiger partial charge is 0.356 e. The minimum Gasteiger partial charge on any atom is -0.356 e. The van der Waals surface area contributed by atoms with Crippen molar-refractivity contribution >= 4 is 17.7 Å². The van der Waals surface area contributed by atoms with Gasteiger partial charge >= 0.3 is 0 Å². The molecule has 0 aliphatic heterocycles. The van der Waals surface area contributed by atoms with E-state index in [4.69, 9.17) is 0 Å². The average molecular weight is 251 g/mol. The van der Waals surface area contributed by atoms with E-state index < -0.39 is 0 Å². The highest BCUT2D eigenvalue weighted by atomic mass is 32.2. The second kappa shape index (κ2) is 8.18. The maximum absolute atomic E-state index is 11.4. The van der Waals surface area contributed by atoms with Gasteiger partial charge in [-0.05, 0) is 30.7 Å². The van der Waals surface area contributed by atoms with E-state index in [1.54, 1.807) is 11.8 Å². The Kier molecular flexibility index (Phi) is 6.78. The fourth-order valence-corrected chi connectivity index (χ4v) is 2.32. The molecule has 0 atom stereocenters. The van der Waals surface area contributed by atoms with Crippen LogP contribution in [0.5, 0.6) is 0 Å². The molecule has 17 heavy (non-hydrogen) atoms. The van der Waals surface area contributed by atoms with E-state index >= 15 is 0 Å². The summed E-state index contributed by atoms with van der Waals surface area (Å²) in [5, 5.41) is 2.97. The number of rotatable bonds is 7. The minimum atomic E-state index is 0.175. The second-order valence-electron chi connectivity index (χ2n) is 4.02. The molecule has 0 bridgehead atoms. The molecule has 1 aromatic carbocycles. The smallest absolute Gasteiger partial charge is 0.220 e. The van der Waals surface area contributed by atoms with E-state index in [0.29, 0.717) is 6.42 Å². The maximum Gasteiger partial charge on any atom is 0.220 e. The Labute approximate surface area is 108 Å². The van der Waals surface area contributed by atoms with Gasteiger partial charge in [-0.15, -0.1) is 11.8 Å². The van der Waals surface area contributed by atoms with Crippen molar-refractivity contribution in [3.63, 3.8) is 0 Å². The van der Waals surface area contributed by atoms with Crippen LogP contribution in [0, 0.1) is 0 Å². The lowest BCUT2D eigenvalue weighted by Crippen LogP contribution is -2.25. The van der Waals surface area contributed by atoms with Gasteiger partial charge in [-0.1, -0.05) is 31.5 Å². The molecule has 2 nitrogen and oxygen atoms in total. The number of carbonyl (C=O) groups excluding carboxylic acids is 1. The molecule has 1 rings (SSSR count). The third-order valence-electron chi connectivity index (χ3n) is 2.67. The van der Waals surface area contributed by atoms with Gasteiger partial charge in [0.15, 0.2) is 0 Å². The Bertz CT molecular complexity index is 352. The van der Waals surface area contributed by atoms with Crippen LogP contribution in [-0.4, -0.2) is 18.7 Å². The van der Waals surface area contributed by atoms with E-state index in [0.717, 1.165) is 25.8 Å². The Morgan fingerprint density at radius 1 is 1.35 bits per heavy atom. The molecule has 0 aliphatic rings. The first-order valence-corrected chi connectivity index (χ1v) is 7.39. The van der Waals surface area contributed by atoms with Gasteiger partial charge in [-0.25, -0.2) is 0 Å². The van der Waals surface area contributed by atoms with Crippen LogP contribution < -0.4 is 5.32 Å². The van der Waals surface area contributed by atoms with Crippen molar-refractivity contribution in [3.8, 4) is 0 Å². The van der Waals surface area contributed by atoms with Gasteiger partial charge in [-0.2, -0.15) is 0 Å². The summed E-state index contributed by atoms with van der Waals surface area (Å²) in [7, 11) is 0. The second-order valence-corrected chi connectivity index (χ2v) is 4.86. The molecule has 94 valence electrons. The zero-order chi connectivity index (χ0) is 12.5. The fraction of sp³-hybridized carbons (Fsp3) is 0.500. The molecule has 0 aliphatic carbocycles. The summed E-state index contributed by atoms with van der Waals surface area (Å²) >= 11 is 1.76. The van der Waals surface area contributed by atoms with Gasteiger partial charge in [0, 0.05) is 17.9 Å². The van der Waals surface area contributed by atoms with Crippen LogP contribution in [0.4, 0.5) is 0 Å². The first-order valence-electron chi connectivity index (χ1n) is 6.16. The molecule has 1 N–H and O–H groups in total. The molecule has 1 amide bonds. The van der Waals surface area contributed by atoms with Crippen molar-refractivity contribution in [1.82, 2.24) is 5.32 Å². The molecule has 0 aromatic heterocycles. The van der Waals surface area contributed by atoms with E-state index in [2.05, 4.69) is 36.7 Å². The lowest BCUT2D eigenvalue weighted by Gasteiger charge is -2.08. The Morgan fingerprint density at radius 2 is 2.12 bits per heavy atom. The monoisotopic (exact) mass is 251 g/mol. The maximum atomic E-state index is 11.4. The highest BCUT2D eigenvalue weighted by Gasteiger charge is 2.02. The lowest BCUT2D eigenvalue weighted by molar-refractivity contribution is -0.121. The summed E-state index contributed by atoms with van der Waals surface area (Å²) in [6, 6.07) is 8.35. The van der Waals surface area contributed by atoms with Crippen LogP contribution in [-0.2, 0) is 11.2 Å². The Morgan fingerprint density at radius 3 is 2.82 bits per heavy atom. The molecule has 0 saturated carbocycles. The van der Waals surface area contributed by atoms with Gasteiger partial charge in [0.2, 0.25) is 5.91 Å². The number of thioether (sulfide) groups is 1. The lowest BCUT2D eigenvalue weighted by atomic mass is 10.1. The van der Waals surface area contributed by atoms with Crippen LogP contribution in [0.1, 0.15) is 31.7 Å². The molecule has 0 fully saturated rings. The molecule has 0 saturated heterocycles. The molecular weight excluding hydrogens is 230 g/mol. The highest BCUT2D eigenvalue weighted by Crippen LogP contribution is 2.19. The van der Waals surface area contributed by atoms with Crippen LogP contribution in [0.3, 0.4) is 0 Å². The molecule has 0 unspecified atom stereocenters. The van der Waals surface area contributed by atoms with Crippen molar-refractivity contribution < 1.29 is 4.79 Å². The molecule has 3 heteroatoms. The van der Waals surface area contributed by atoms with Crippen molar-refractivity contribution in [2.24, 2.45) is 0 Å². The first-order chi connectivity index (χ1) is 8.27. The van der Waals surface area contributed by atoms with Crippen molar-refractivity contribution in [1.29, 1.82) is 0 Å². The fourth-order valence-electron chi connectivity index (χ4n) is 1.67. The standard InChI is InChI=1S/C14H21NOS/c1-3-4-9-14(16)15-11-10-12-7-5-6-8-13(12)17-2/h5-8H,3-4,9-11H2,1-2H3,(H,15,16). The third-order valence-corrected chi connectivity index (χ3v) is 3.50. The number of nitrogens with one attached hydrogen (secondary N) is 1. The zero-order valence-corrected chi connectivity index (χ0v) is 11.5. The zero-order valence-electron chi connectivity index (χ0n) is 10.7. The summed E-state index contributed by atoms with van der Waals surface area (Å²) in [4.78, 5) is 12.7. The van der Waals surface area contributed by atoms with Gasteiger partial charge in [0.05, 0.1) is 0 Å². The van der Waals surface area contributed by atoms with E-state index in [-0.39, 0.29) is 5.91 Å². The summed E-state index contributed by atoms with van der Waals surface area (Å²) in [6.07, 6.45) is 5.70. The van der Waals surface area contributed by atoms with Crippen LogP contribution in [0.2, 0.25) is 0 Å². The van der Waals surface area contributed by atoms with Crippen molar-refractivity contribution in [3.05, 3.63) is 29.8 Å². The van der Waals surface area contributed by atoms with Gasteiger partial charge in [0.25, 0.3) is 0 Å². The topological polar surface area (TPSA) is 29.1 Å². The quantitative estimate of drug-likeness (QED) is 0.754. The number of hydrogen-bond acceptors (Lipinski definition) is 2. The number of benzene rings is 1. The minimum absolute atomic E-state index is 0.175. The predicted octanol–water partition coefficient (Wildman–Crippen LogP) is 3.26. The number of unbranched alkanes of at least 4 members (excludes halogenated alkanes) is 1. The molecule has 0 heterocycles. The summed E-state index contributed by atoms with van der Waals surface area (Å²) in [6.45, 7) is 2.84. The van der Waals surface area contributed by atoms with Gasteiger partial charge < -0.3 is 5.32 Å². The average Bonchev–Trinajstić information content (AvgIpc) is 2.37. The first kappa shape index (κ1) is 14.1.